The summed E-state index contributed by atoms with van der Waals surface area (Å²) in [5, 5.41) is 23.6. The van der Waals surface area contributed by atoms with Gasteiger partial charge in [-0.25, -0.2) is 4.79 Å². The average molecular weight is 348 g/mol. The van der Waals surface area contributed by atoms with Gasteiger partial charge in [0.25, 0.3) is 5.69 Å². The molecule has 2 rings (SSSR count). The van der Waals surface area contributed by atoms with E-state index in [-0.39, 0.29) is 17.9 Å². The average Bonchev–Trinajstić information content (AvgIpc) is 2.53. The molecule has 2 atom stereocenters. The Hall–Kier alpha value is -2.90. The first-order valence-electron chi connectivity index (χ1n) is 7.81. The van der Waals surface area contributed by atoms with E-state index in [1.165, 1.54) is 24.4 Å². The maximum absolute atomic E-state index is 12.6. The van der Waals surface area contributed by atoms with E-state index in [2.05, 4.69) is 5.32 Å². The Balaban J connectivity index is 2.63. The van der Waals surface area contributed by atoms with Gasteiger partial charge < -0.3 is 15.2 Å². The third kappa shape index (κ3) is 3.62. The van der Waals surface area contributed by atoms with Crippen LogP contribution in [-0.4, -0.2) is 34.1 Å². The largest absolute Gasteiger partial charge is 0.478 e. The first-order valence-corrected chi connectivity index (χ1v) is 7.81. The minimum absolute atomic E-state index is 0.0436. The number of nitrogens with one attached hydrogen (secondary N) is 1. The molecule has 8 heteroatoms. The van der Waals surface area contributed by atoms with Crippen molar-refractivity contribution < 1.29 is 24.4 Å². The lowest BCUT2D eigenvalue weighted by Crippen LogP contribution is -2.54. The van der Waals surface area contributed by atoms with Crippen molar-refractivity contribution in [1.82, 2.24) is 5.32 Å². The van der Waals surface area contributed by atoms with E-state index in [9.17, 15) is 24.8 Å². The summed E-state index contributed by atoms with van der Waals surface area (Å²) in [5.41, 5.74) is -0.616. The van der Waals surface area contributed by atoms with E-state index in [0.29, 0.717) is 5.56 Å². The van der Waals surface area contributed by atoms with Gasteiger partial charge in [-0.3, -0.25) is 14.9 Å². The maximum atomic E-state index is 12.6. The summed E-state index contributed by atoms with van der Waals surface area (Å²) in [6.07, 6.45) is 1.35. The van der Waals surface area contributed by atoms with Crippen LogP contribution in [0.5, 0.6) is 0 Å². The summed E-state index contributed by atoms with van der Waals surface area (Å²) in [7, 11) is 0. The van der Waals surface area contributed by atoms with Crippen LogP contribution in [0.2, 0.25) is 0 Å². The number of carbonyl (C=O) groups excluding carboxylic acids is 1. The third-order valence-electron chi connectivity index (χ3n) is 4.27. The van der Waals surface area contributed by atoms with Crippen LogP contribution in [0.15, 0.2) is 36.0 Å². The van der Waals surface area contributed by atoms with Crippen LogP contribution in [0, 0.1) is 16.0 Å². The molecule has 25 heavy (non-hydrogen) atoms. The van der Waals surface area contributed by atoms with E-state index in [0.717, 1.165) is 0 Å². The normalized spacial score (nSPS) is 21.6. The van der Waals surface area contributed by atoms with Crippen LogP contribution < -0.4 is 5.32 Å². The fraction of sp³-hybridized carbons (Fsp3) is 0.412. The molecule has 134 valence electrons. The zero-order valence-corrected chi connectivity index (χ0v) is 14.2. The van der Waals surface area contributed by atoms with Crippen molar-refractivity contribution in [2.75, 3.05) is 6.61 Å². The van der Waals surface area contributed by atoms with E-state index >= 15 is 0 Å². The van der Waals surface area contributed by atoms with E-state index in [4.69, 9.17) is 4.74 Å². The Morgan fingerprint density at radius 1 is 1.40 bits per heavy atom. The highest BCUT2D eigenvalue weighted by molar-refractivity contribution is 5.91. The molecule has 1 aliphatic heterocycles. The molecule has 8 nitrogen and oxygen atoms in total. The Morgan fingerprint density at radius 3 is 2.64 bits per heavy atom. The second-order valence-electron chi connectivity index (χ2n) is 6.33. The van der Waals surface area contributed by atoms with Crippen LogP contribution in [0.25, 0.3) is 0 Å². The van der Waals surface area contributed by atoms with Gasteiger partial charge >= 0.3 is 11.9 Å². The van der Waals surface area contributed by atoms with Gasteiger partial charge in [0, 0.05) is 29.8 Å². The fourth-order valence-corrected chi connectivity index (χ4v) is 3.10. The highest BCUT2D eigenvalue weighted by Crippen LogP contribution is 2.42. The second kappa shape index (κ2) is 6.92. The van der Waals surface area contributed by atoms with Gasteiger partial charge in [-0.1, -0.05) is 12.1 Å². The van der Waals surface area contributed by atoms with Gasteiger partial charge in [0.15, 0.2) is 0 Å². The molecule has 0 radical (unpaired) electrons. The number of esters is 1. The predicted molar refractivity (Wildman–Crippen MR) is 88.9 cm³/mol. The second-order valence-corrected chi connectivity index (χ2v) is 6.33. The van der Waals surface area contributed by atoms with Gasteiger partial charge in [0.1, 0.15) is 0 Å². The van der Waals surface area contributed by atoms with Crippen molar-refractivity contribution in [1.29, 1.82) is 0 Å². The van der Waals surface area contributed by atoms with Crippen molar-refractivity contribution in [2.45, 2.75) is 32.2 Å². The van der Waals surface area contributed by atoms with Crippen LogP contribution in [-0.2, 0) is 14.3 Å². The Bertz CT molecular complexity index is 740. The molecule has 0 saturated heterocycles. The third-order valence-corrected chi connectivity index (χ3v) is 4.27. The van der Waals surface area contributed by atoms with Crippen LogP contribution in [0.1, 0.15) is 32.3 Å². The molecule has 0 bridgehead atoms. The van der Waals surface area contributed by atoms with E-state index < -0.39 is 34.2 Å². The molecule has 1 heterocycles. The Kier molecular flexibility index (Phi) is 5.10. The number of hydrogen-bond donors (Lipinski definition) is 2. The molecule has 1 aliphatic rings. The number of hydrogen-bond acceptors (Lipinski definition) is 6. The first-order chi connectivity index (χ1) is 11.7. The molecule has 0 amide bonds. The summed E-state index contributed by atoms with van der Waals surface area (Å²) in [4.78, 5) is 34.8. The van der Waals surface area contributed by atoms with Crippen molar-refractivity contribution in [2.24, 2.45) is 5.92 Å². The summed E-state index contributed by atoms with van der Waals surface area (Å²) in [5.74, 6) is -3.48. The lowest BCUT2D eigenvalue weighted by molar-refractivity contribution is -0.384. The molecule has 0 aliphatic carbocycles. The van der Waals surface area contributed by atoms with Crippen molar-refractivity contribution in [3.63, 3.8) is 0 Å². The molecule has 1 aromatic carbocycles. The highest BCUT2D eigenvalue weighted by atomic mass is 16.6. The smallest absolute Gasteiger partial charge is 0.333 e. The minimum Gasteiger partial charge on any atom is -0.478 e. The molecule has 0 fully saturated rings. The monoisotopic (exact) mass is 348 g/mol. The molecule has 2 N–H and O–H groups in total. The topological polar surface area (TPSA) is 119 Å². The van der Waals surface area contributed by atoms with Crippen LogP contribution in [0.3, 0.4) is 0 Å². The predicted octanol–water partition coefficient (Wildman–Crippen LogP) is 2.21. The number of aliphatic carboxylic acids is 1. The fourth-order valence-electron chi connectivity index (χ4n) is 3.10. The zero-order chi connectivity index (χ0) is 18.8. The Labute approximate surface area is 144 Å². The standard InChI is InChI=1S/C17H20N2O6/c1-4-25-16(22)14-13(10-6-5-7-11(8-10)19(23)24)12(15(20)21)9-18-17(14,2)3/h5-9,13-14,18H,4H2,1-3H3,(H,20,21). The summed E-state index contributed by atoms with van der Waals surface area (Å²) < 4.78 is 5.14. The highest BCUT2D eigenvalue weighted by Gasteiger charge is 2.48. The zero-order valence-electron chi connectivity index (χ0n) is 14.2. The maximum Gasteiger partial charge on any atom is 0.333 e. The number of carboxylic acid groups (broad SMARTS) is 1. The van der Waals surface area contributed by atoms with Gasteiger partial charge in [0.2, 0.25) is 0 Å². The lowest BCUT2D eigenvalue weighted by Gasteiger charge is -2.42. The number of carbonyl (C=O) groups is 2. The van der Waals surface area contributed by atoms with Gasteiger partial charge in [-0.2, -0.15) is 0 Å². The van der Waals surface area contributed by atoms with Gasteiger partial charge in [-0.15, -0.1) is 0 Å². The molecule has 0 spiro atoms. The Morgan fingerprint density at radius 2 is 2.08 bits per heavy atom. The summed E-state index contributed by atoms with van der Waals surface area (Å²) in [6.45, 7) is 5.33. The summed E-state index contributed by atoms with van der Waals surface area (Å²) >= 11 is 0. The molecule has 1 aromatic rings. The number of nitro benzene ring substituents is 1. The van der Waals surface area contributed by atoms with Crippen molar-refractivity contribution in [3.8, 4) is 0 Å². The number of rotatable bonds is 5. The molecule has 0 aromatic heterocycles. The lowest BCUT2D eigenvalue weighted by atomic mass is 9.69. The number of nitro groups is 1. The molecule has 2 unspecified atom stereocenters. The van der Waals surface area contributed by atoms with Gasteiger partial charge in [-0.05, 0) is 26.3 Å². The van der Waals surface area contributed by atoms with Crippen LogP contribution in [0.4, 0.5) is 5.69 Å². The van der Waals surface area contributed by atoms with E-state index in [1.54, 1.807) is 26.8 Å². The number of benzene rings is 1. The number of carboxylic acids is 1. The number of non-ortho nitro benzene ring substituents is 1. The molecular formula is C17H20N2O6. The first kappa shape index (κ1) is 18.4. The minimum atomic E-state index is -1.20. The van der Waals surface area contributed by atoms with E-state index in [1.807, 2.05) is 0 Å². The van der Waals surface area contributed by atoms with Crippen molar-refractivity contribution >= 4 is 17.6 Å². The van der Waals surface area contributed by atoms with Crippen LogP contribution >= 0.6 is 0 Å². The molecule has 0 saturated carbocycles. The summed E-state index contributed by atoms with van der Waals surface area (Å²) in [6, 6.07) is 5.68. The van der Waals surface area contributed by atoms with Gasteiger partial charge in [0.05, 0.1) is 23.0 Å². The number of ether oxygens (including phenoxy) is 1. The molecular weight excluding hydrogens is 328 g/mol. The quantitative estimate of drug-likeness (QED) is 0.475. The van der Waals surface area contributed by atoms with Crippen molar-refractivity contribution in [3.05, 3.63) is 51.7 Å². The SMILES string of the molecule is CCOC(=O)C1C(c2cccc([N+](=O)[O-])c2)C(C(=O)O)=CNC1(C)C. The number of nitrogens with zero attached hydrogens (tertiary/aromatic N) is 1.